The van der Waals surface area contributed by atoms with Gasteiger partial charge in [-0.1, -0.05) is 18.2 Å². The van der Waals surface area contributed by atoms with Gasteiger partial charge in [0.25, 0.3) is 10.1 Å². The van der Waals surface area contributed by atoms with Gasteiger partial charge in [0.15, 0.2) is 5.75 Å². The molecule has 2 N–H and O–H groups in total. The molecule has 0 aliphatic carbocycles. The molecular formula is C12H9KO7S2. The third-order valence-corrected chi connectivity index (χ3v) is 5.35. The first-order valence-electron chi connectivity index (χ1n) is 5.45. The van der Waals surface area contributed by atoms with Crippen molar-refractivity contribution < 1.29 is 83.0 Å². The van der Waals surface area contributed by atoms with E-state index in [-0.39, 0.29) is 56.3 Å². The summed E-state index contributed by atoms with van der Waals surface area (Å²) in [5.74, 6) is -1.48. The number of phenols is 1. The van der Waals surface area contributed by atoms with E-state index in [0.29, 0.717) is 0 Å². The third-order valence-electron chi connectivity index (χ3n) is 2.66. The van der Waals surface area contributed by atoms with Crippen LogP contribution in [0.5, 0.6) is 11.5 Å². The van der Waals surface area contributed by atoms with Crippen molar-refractivity contribution in [3.05, 3.63) is 42.5 Å². The molecule has 22 heavy (non-hydrogen) atoms. The summed E-state index contributed by atoms with van der Waals surface area (Å²) in [4.78, 5) is -1.88. The van der Waals surface area contributed by atoms with E-state index in [0.717, 1.165) is 42.5 Å². The van der Waals surface area contributed by atoms with Crippen molar-refractivity contribution in [1.29, 1.82) is 0 Å². The zero-order valence-electron chi connectivity index (χ0n) is 11.3. The Morgan fingerprint density at radius 2 is 1.36 bits per heavy atom. The molecule has 112 valence electrons. The Kier molecular flexibility index (Phi) is 6.20. The fourth-order valence-corrected chi connectivity index (χ4v) is 3.71. The van der Waals surface area contributed by atoms with Crippen LogP contribution in [0.15, 0.2) is 57.2 Å². The quantitative estimate of drug-likeness (QED) is 0.454. The molecule has 0 saturated carbocycles. The molecule has 0 atom stereocenters. The van der Waals surface area contributed by atoms with Crippen LogP contribution in [0.4, 0.5) is 0 Å². The SMILES string of the molecule is O=S(=O)(O)c1cccc(S(=O)(=O)c2ccc([O-])cc2)c1O.[K+]. The summed E-state index contributed by atoms with van der Waals surface area (Å²) in [5, 5.41) is 20.8. The zero-order chi connectivity index (χ0) is 15.8. The molecule has 0 amide bonds. The number of rotatable bonds is 3. The van der Waals surface area contributed by atoms with Crippen LogP contribution in [-0.4, -0.2) is 26.5 Å². The van der Waals surface area contributed by atoms with E-state index >= 15 is 0 Å². The van der Waals surface area contributed by atoms with Crippen LogP contribution in [0.1, 0.15) is 0 Å². The minimum absolute atomic E-state index is 0. The minimum atomic E-state index is -4.77. The van der Waals surface area contributed by atoms with Gasteiger partial charge in [-0.25, -0.2) is 8.42 Å². The number of hydrogen-bond donors (Lipinski definition) is 2. The van der Waals surface area contributed by atoms with Crippen molar-refractivity contribution in [1.82, 2.24) is 0 Å². The molecule has 0 aliphatic rings. The van der Waals surface area contributed by atoms with Crippen molar-refractivity contribution >= 4 is 20.0 Å². The van der Waals surface area contributed by atoms with E-state index in [4.69, 9.17) is 4.55 Å². The Labute approximate surface area is 169 Å². The topological polar surface area (TPSA) is 132 Å². The number of aromatic hydroxyl groups is 1. The Morgan fingerprint density at radius 1 is 0.864 bits per heavy atom. The first-order valence-corrected chi connectivity index (χ1v) is 8.38. The summed E-state index contributed by atoms with van der Waals surface area (Å²) in [7, 11) is -9.00. The summed E-state index contributed by atoms with van der Waals surface area (Å²) in [6, 6.07) is 7.05. The monoisotopic (exact) mass is 368 g/mol. The second-order valence-corrected chi connectivity index (χ2v) is 7.36. The minimum Gasteiger partial charge on any atom is -0.872 e. The molecule has 2 rings (SSSR count). The van der Waals surface area contributed by atoms with Gasteiger partial charge in [-0.05, 0) is 24.3 Å². The van der Waals surface area contributed by atoms with Gasteiger partial charge in [0, 0.05) is 0 Å². The fraction of sp³-hybridized carbons (Fsp3) is 0. The Hall–Kier alpha value is -0.464. The Bertz CT molecular complexity index is 888. The predicted octanol–water partition coefficient (Wildman–Crippen LogP) is -2.45. The molecule has 0 fully saturated rings. The van der Waals surface area contributed by atoms with Crippen molar-refractivity contribution in [2.24, 2.45) is 0 Å². The van der Waals surface area contributed by atoms with Gasteiger partial charge < -0.3 is 10.2 Å². The summed E-state index contributed by atoms with van der Waals surface area (Å²) < 4.78 is 55.7. The van der Waals surface area contributed by atoms with Crippen LogP contribution in [0.25, 0.3) is 0 Å². The van der Waals surface area contributed by atoms with Gasteiger partial charge in [0.2, 0.25) is 9.84 Å². The van der Waals surface area contributed by atoms with Crippen molar-refractivity contribution in [2.45, 2.75) is 14.7 Å². The molecule has 0 heterocycles. The van der Waals surface area contributed by atoms with Crippen molar-refractivity contribution in [2.75, 3.05) is 0 Å². The van der Waals surface area contributed by atoms with Gasteiger partial charge in [0.05, 0.1) is 4.90 Å². The van der Waals surface area contributed by atoms with Gasteiger partial charge in [-0.2, -0.15) is 8.42 Å². The van der Waals surface area contributed by atoms with E-state index in [2.05, 4.69) is 0 Å². The number of benzene rings is 2. The van der Waals surface area contributed by atoms with Gasteiger partial charge in [-0.15, -0.1) is 5.75 Å². The number of para-hydroxylation sites is 1. The van der Waals surface area contributed by atoms with Crippen LogP contribution in [0.3, 0.4) is 0 Å². The standard InChI is InChI=1S/C12H10O7S2.K/c13-8-4-6-9(7-5-8)20(15,16)10-2-1-3-11(12(10)14)21(17,18)19;/h1-7,13-14H,(H,17,18,19);/q;+1/p-1. The summed E-state index contributed by atoms with van der Waals surface area (Å²) in [6.07, 6.45) is 0. The van der Waals surface area contributed by atoms with E-state index in [1.165, 1.54) is 0 Å². The van der Waals surface area contributed by atoms with Crippen LogP contribution in [-0.2, 0) is 20.0 Å². The summed E-state index contributed by atoms with van der Waals surface area (Å²) in [6.45, 7) is 0. The average Bonchev–Trinajstić information content (AvgIpc) is 2.37. The summed E-state index contributed by atoms with van der Waals surface area (Å²) >= 11 is 0. The van der Waals surface area contributed by atoms with Crippen LogP contribution >= 0.6 is 0 Å². The van der Waals surface area contributed by atoms with Gasteiger partial charge in [-0.3, -0.25) is 4.55 Å². The molecule has 2 aromatic rings. The number of phenolic OH excluding ortho intramolecular Hbond substituents is 1. The molecule has 0 aromatic heterocycles. The maximum absolute atomic E-state index is 12.3. The molecule has 0 unspecified atom stereocenters. The molecular weight excluding hydrogens is 359 g/mol. The third kappa shape index (κ3) is 3.89. The first-order chi connectivity index (χ1) is 9.64. The average molecular weight is 368 g/mol. The second kappa shape index (κ2) is 6.97. The molecule has 2 aromatic carbocycles. The Balaban J connectivity index is 0.00000242. The first kappa shape index (κ1) is 19.6. The maximum atomic E-state index is 12.3. The van der Waals surface area contributed by atoms with Crippen LogP contribution in [0, 0.1) is 0 Å². The molecule has 10 heteroatoms. The largest absolute Gasteiger partial charge is 1.00 e. The normalized spacial score (nSPS) is 11.7. The molecule has 0 spiro atoms. The van der Waals surface area contributed by atoms with E-state index in [9.17, 15) is 27.0 Å². The molecule has 0 bridgehead atoms. The molecule has 0 aliphatic heterocycles. The van der Waals surface area contributed by atoms with E-state index < -0.39 is 41.2 Å². The van der Waals surface area contributed by atoms with Crippen molar-refractivity contribution in [3.8, 4) is 11.5 Å². The van der Waals surface area contributed by atoms with Gasteiger partial charge >= 0.3 is 51.4 Å². The smallest absolute Gasteiger partial charge is 0.872 e. The molecule has 7 nitrogen and oxygen atoms in total. The summed E-state index contributed by atoms with van der Waals surface area (Å²) in [5.41, 5.74) is 0. The van der Waals surface area contributed by atoms with E-state index in [1.54, 1.807) is 0 Å². The molecule has 0 radical (unpaired) electrons. The van der Waals surface area contributed by atoms with Crippen molar-refractivity contribution in [3.63, 3.8) is 0 Å². The number of hydrogen-bond acceptors (Lipinski definition) is 6. The van der Waals surface area contributed by atoms with Crippen LogP contribution in [0.2, 0.25) is 0 Å². The predicted molar refractivity (Wildman–Crippen MR) is 69.3 cm³/mol. The van der Waals surface area contributed by atoms with E-state index in [1.807, 2.05) is 0 Å². The fourth-order valence-electron chi connectivity index (χ4n) is 1.67. The Morgan fingerprint density at radius 3 is 1.86 bits per heavy atom. The maximum Gasteiger partial charge on any atom is 1.00 e. The van der Waals surface area contributed by atoms with Gasteiger partial charge in [0.1, 0.15) is 9.79 Å². The molecule has 0 saturated heterocycles. The second-order valence-electron chi connectivity index (χ2n) is 4.05. The number of sulfone groups is 1. The zero-order valence-corrected chi connectivity index (χ0v) is 16.0. The van der Waals surface area contributed by atoms with Crippen LogP contribution < -0.4 is 56.5 Å².